The summed E-state index contributed by atoms with van der Waals surface area (Å²) in [5.74, 6) is 0.339. The Morgan fingerprint density at radius 3 is 2.52 bits per heavy atom. The van der Waals surface area contributed by atoms with Crippen LogP contribution in [-0.2, 0) is 25.3 Å². The van der Waals surface area contributed by atoms with E-state index in [1.165, 1.54) is 11.6 Å². The van der Waals surface area contributed by atoms with Gasteiger partial charge in [0.25, 0.3) is 5.56 Å². The number of aryl methyl sites for hydroxylation is 1. The molecule has 0 unspecified atom stereocenters. The first-order valence-electron chi connectivity index (χ1n) is 9.62. The van der Waals surface area contributed by atoms with Crippen molar-refractivity contribution in [2.24, 2.45) is 14.1 Å². The number of amides is 1. The van der Waals surface area contributed by atoms with E-state index >= 15 is 0 Å². The minimum absolute atomic E-state index is 0.0128. The first-order chi connectivity index (χ1) is 14.8. The highest BCUT2D eigenvalue weighted by atomic mass is 35.5. The van der Waals surface area contributed by atoms with Crippen molar-refractivity contribution in [1.29, 1.82) is 0 Å². The van der Waals surface area contributed by atoms with E-state index < -0.39 is 11.2 Å². The molecular weight excluding hydrogens is 436 g/mol. The summed E-state index contributed by atoms with van der Waals surface area (Å²) < 4.78 is 2.48. The molecule has 0 spiro atoms. The van der Waals surface area contributed by atoms with Gasteiger partial charge in [0.05, 0.1) is 28.9 Å². The molecule has 0 aliphatic carbocycles. The normalized spacial score (nSPS) is 13.9. The van der Waals surface area contributed by atoms with Gasteiger partial charge in [-0.2, -0.15) is 0 Å². The number of benzene rings is 2. The van der Waals surface area contributed by atoms with Gasteiger partial charge in [-0.25, -0.2) is 4.79 Å². The molecule has 0 radical (unpaired) electrons. The van der Waals surface area contributed by atoms with Gasteiger partial charge in [-0.3, -0.25) is 29.2 Å². The highest BCUT2D eigenvalue weighted by Gasteiger charge is 2.24. The predicted molar refractivity (Wildman–Crippen MR) is 125 cm³/mol. The minimum atomic E-state index is -0.407. The van der Waals surface area contributed by atoms with Gasteiger partial charge in [-0.1, -0.05) is 35.9 Å². The maximum atomic E-state index is 12.9. The largest absolute Gasteiger partial charge is 0.330 e. The van der Waals surface area contributed by atoms with E-state index in [2.05, 4.69) is 5.43 Å². The van der Waals surface area contributed by atoms with Crippen LogP contribution in [0, 0.1) is 0 Å². The summed E-state index contributed by atoms with van der Waals surface area (Å²) in [5, 5.41) is 2.84. The quantitative estimate of drug-likeness (QED) is 0.653. The number of thioether (sulfide) groups is 1. The lowest BCUT2D eigenvalue weighted by atomic mass is 10.1. The maximum absolute atomic E-state index is 12.9. The molecule has 31 heavy (non-hydrogen) atoms. The number of hydrazine groups is 1. The molecule has 1 aromatic heterocycles. The zero-order valence-corrected chi connectivity index (χ0v) is 18.9. The molecule has 1 amide bonds. The summed E-state index contributed by atoms with van der Waals surface area (Å²) in [6.07, 6.45) is 0.0128. The van der Waals surface area contributed by atoms with Crippen molar-refractivity contribution in [3.8, 4) is 0 Å². The second-order valence-corrected chi connectivity index (χ2v) is 8.94. The van der Waals surface area contributed by atoms with Crippen molar-refractivity contribution in [1.82, 2.24) is 19.6 Å². The van der Waals surface area contributed by atoms with E-state index in [1.54, 1.807) is 37.0 Å². The molecule has 3 aromatic rings. The van der Waals surface area contributed by atoms with Crippen molar-refractivity contribution in [2.45, 2.75) is 13.3 Å². The first-order valence-corrected chi connectivity index (χ1v) is 11.0. The molecule has 2 aromatic carbocycles. The Labute approximate surface area is 187 Å². The molecule has 0 saturated carbocycles. The van der Waals surface area contributed by atoms with E-state index in [0.29, 0.717) is 27.4 Å². The summed E-state index contributed by atoms with van der Waals surface area (Å²) in [6, 6.07) is 12.7. The van der Waals surface area contributed by atoms with E-state index in [4.69, 9.17) is 11.6 Å². The Bertz CT molecular complexity index is 1340. The second kappa shape index (κ2) is 8.28. The van der Waals surface area contributed by atoms with Crippen LogP contribution in [0.5, 0.6) is 0 Å². The molecule has 0 bridgehead atoms. The number of rotatable bonds is 4. The number of nitrogens with one attached hydrogen (secondary N) is 1. The lowest BCUT2D eigenvalue weighted by Crippen LogP contribution is -2.40. The van der Waals surface area contributed by atoms with Gasteiger partial charge in [-0.15, -0.1) is 11.8 Å². The lowest BCUT2D eigenvalue weighted by Gasteiger charge is -2.23. The number of fused-ring (bicyclic) bond motifs is 1. The van der Waals surface area contributed by atoms with Crippen LogP contribution in [0.2, 0.25) is 5.02 Å². The number of carbonyl (C=O) groups is 1. The van der Waals surface area contributed by atoms with Crippen LogP contribution in [0.1, 0.15) is 18.1 Å². The van der Waals surface area contributed by atoms with Crippen LogP contribution >= 0.6 is 23.4 Å². The number of carbonyl (C=O) groups excluding carboxylic acids is 1. The van der Waals surface area contributed by atoms with Crippen LogP contribution in [0.4, 0.5) is 0 Å². The standard InChI is InChI=1S/C22H21ClN4O3S/c1-13-20(14-7-9-16(23)10-8-14)27(12-31-13)24-18(28)11-15-5-4-6-17-19(15)21(29)26(3)22(30)25(17)2/h4-10H,11-12H2,1-3H3,(H,24,28). The predicted octanol–water partition coefficient (Wildman–Crippen LogP) is 2.86. The molecule has 160 valence electrons. The van der Waals surface area contributed by atoms with Crippen LogP contribution in [-0.4, -0.2) is 25.9 Å². The molecular formula is C22H21ClN4O3S. The smallest absolute Gasteiger partial charge is 0.296 e. The fraction of sp³-hybridized carbons (Fsp3) is 0.227. The lowest BCUT2D eigenvalue weighted by molar-refractivity contribution is -0.123. The van der Waals surface area contributed by atoms with Crippen molar-refractivity contribution in [2.75, 3.05) is 5.88 Å². The molecule has 4 rings (SSSR count). The molecule has 1 N–H and O–H groups in total. The molecule has 0 saturated heterocycles. The Hall–Kier alpha value is -2.97. The first kappa shape index (κ1) is 21.3. The second-order valence-electron chi connectivity index (χ2n) is 7.34. The molecule has 0 atom stereocenters. The Kier molecular flexibility index (Phi) is 5.68. The Balaban J connectivity index is 1.63. The monoisotopic (exact) mass is 456 g/mol. The summed E-state index contributed by atoms with van der Waals surface area (Å²) in [6.45, 7) is 2.01. The number of nitrogens with zero attached hydrogens (tertiary/aromatic N) is 3. The third-order valence-electron chi connectivity index (χ3n) is 5.32. The highest BCUT2D eigenvalue weighted by Crippen LogP contribution is 2.36. The zero-order valence-electron chi connectivity index (χ0n) is 17.3. The maximum Gasteiger partial charge on any atom is 0.330 e. The topological polar surface area (TPSA) is 76.3 Å². The zero-order chi connectivity index (χ0) is 22.3. The van der Waals surface area contributed by atoms with Gasteiger partial charge >= 0.3 is 5.69 Å². The van der Waals surface area contributed by atoms with Gasteiger partial charge in [0.15, 0.2) is 0 Å². The highest BCUT2D eigenvalue weighted by molar-refractivity contribution is 8.03. The minimum Gasteiger partial charge on any atom is -0.296 e. The third kappa shape index (κ3) is 3.88. The summed E-state index contributed by atoms with van der Waals surface area (Å²) in [7, 11) is 3.05. The number of aromatic nitrogens is 2. The molecule has 0 fully saturated rings. The Morgan fingerprint density at radius 2 is 1.81 bits per heavy atom. The van der Waals surface area contributed by atoms with Crippen LogP contribution in [0.3, 0.4) is 0 Å². The SMILES string of the molecule is CC1=C(c2ccc(Cl)cc2)N(NC(=O)Cc2cccc3c2c(=O)n(C)c(=O)n3C)CS1. The number of hydrogen-bond acceptors (Lipinski definition) is 5. The van der Waals surface area contributed by atoms with Gasteiger partial charge in [0.1, 0.15) is 0 Å². The van der Waals surface area contributed by atoms with E-state index in [1.807, 2.05) is 36.2 Å². The van der Waals surface area contributed by atoms with Crippen LogP contribution in [0.15, 0.2) is 57.0 Å². The number of allylic oxidation sites excluding steroid dienone is 1. The van der Waals surface area contributed by atoms with E-state index in [-0.39, 0.29) is 12.3 Å². The van der Waals surface area contributed by atoms with Crippen molar-refractivity contribution >= 4 is 45.9 Å². The summed E-state index contributed by atoms with van der Waals surface area (Å²) in [5.41, 5.74) is 5.11. The van der Waals surface area contributed by atoms with Gasteiger partial charge in [0.2, 0.25) is 5.91 Å². The van der Waals surface area contributed by atoms with Crippen molar-refractivity contribution < 1.29 is 4.79 Å². The molecule has 9 heteroatoms. The average molecular weight is 457 g/mol. The molecule has 7 nitrogen and oxygen atoms in total. The van der Waals surface area contributed by atoms with Gasteiger partial charge < -0.3 is 0 Å². The van der Waals surface area contributed by atoms with Crippen molar-refractivity contribution in [3.05, 3.63) is 84.4 Å². The Morgan fingerprint density at radius 1 is 1.10 bits per heavy atom. The molecule has 1 aliphatic rings. The van der Waals surface area contributed by atoms with Crippen LogP contribution < -0.4 is 16.7 Å². The van der Waals surface area contributed by atoms with E-state index in [0.717, 1.165) is 20.7 Å². The van der Waals surface area contributed by atoms with Crippen LogP contribution in [0.25, 0.3) is 16.6 Å². The summed E-state index contributed by atoms with van der Waals surface area (Å²) >= 11 is 7.64. The third-order valence-corrected chi connectivity index (χ3v) is 6.59. The molecule has 1 aliphatic heterocycles. The van der Waals surface area contributed by atoms with E-state index in [9.17, 15) is 14.4 Å². The fourth-order valence-electron chi connectivity index (χ4n) is 3.75. The van der Waals surface area contributed by atoms with Gasteiger partial charge in [-0.05, 0) is 30.7 Å². The number of hydrogen-bond donors (Lipinski definition) is 1. The van der Waals surface area contributed by atoms with Crippen molar-refractivity contribution in [3.63, 3.8) is 0 Å². The summed E-state index contributed by atoms with van der Waals surface area (Å²) in [4.78, 5) is 39.0. The average Bonchev–Trinajstić information content (AvgIpc) is 3.11. The number of halogens is 1. The fourth-order valence-corrected chi connectivity index (χ4v) is 4.75. The van der Waals surface area contributed by atoms with Gasteiger partial charge in [0, 0.05) is 29.6 Å². The molecule has 2 heterocycles.